The number of imide groups is 1. The van der Waals surface area contributed by atoms with Crippen molar-refractivity contribution in [3.05, 3.63) is 69.9 Å². The lowest BCUT2D eigenvalue weighted by atomic mass is 10.1. The van der Waals surface area contributed by atoms with Crippen molar-refractivity contribution >= 4 is 35.3 Å². The highest BCUT2D eigenvalue weighted by Gasteiger charge is 2.35. The Hall–Kier alpha value is -4.21. The number of benzene rings is 2. The van der Waals surface area contributed by atoms with Gasteiger partial charge in [0.25, 0.3) is 11.6 Å². The standard InChI is InChI=1S/C19H16N4O6/c1-29-16-9-5-3-7-13(16)20-17(24)11-22-18(25)14(21-19(22)26)10-12-6-2-4-8-15(12)23(27)28/h2-10H,11H2,1H3,(H,20,24)(H,21,26)/b14-10+. The van der Waals surface area contributed by atoms with Gasteiger partial charge in [-0.2, -0.15) is 0 Å². The number of rotatable bonds is 6. The molecule has 1 aliphatic rings. The molecule has 1 fully saturated rings. The van der Waals surface area contributed by atoms with Gasteiger partial charge in [-0.1, -0.05) is 24.3 Å². The lowest BCUT2D eigenvalue weighted by Gasteiger charge is -2.13. The predicted molar refractivity (Wildman–Crippen MR) is 103 cm³/mol. The largest absolute Gasteiger partial charge is 0.495 e. The van der Waals surface area contributed by atoms with E-state index in [2.05, 4.69) is 10.6 Å². The third kappa shape index (κ3) is 4.21. The minimum absolute atomic E-state index is 0.154. The first-order valence-corrected chi connectivity index (χ1v) is 8.41. The molecule has 2 aromatic carbocycles. The minimum Gasteiger partial charge on any atom is -0.495 e. The Morgan fingerprint density at radius 1 is 1.21 bits per heavy atom. The molecule has 1 saturated heterocycles. The van der Waals surface area contributed by atoms with Crippen LogP contribution in [0.2, 0.25) is 0 Å². The normalized spacial score (nSPS) is 14.7. The Balaban J connectivity index is 1.76. The Morgan fingerprint density at radius 2 is 1.90 bits per heavy atom. The number of para-hydroxylation sites is 3. The number of carbonyl (C=O) groups is 3. The van der Waals surface area contributed by atoms with E-state index in [0.29, 0.717) is 16.3 Å². The summed E-state index contributed by atoms with van der Waals surface area (Å²) in [6.07, 6.45) is 1.20. The van der Waals surface area contributed by atoms with Gasteiger partial charge >= 0.3 is 6.03 Å². The molecule has 0 unspecified atom stereocenters. The molecule has 29 heavy (non-hydrogen) atoms. The third-order valence-corrected chi connectivity index (χ3v) is 4.08. The summed E-state index contributed by atoms with van der Waals surface area (Å²) in [5.41, 5.74) is 0.174. The summed E-state index contributed by atoms with van der Waals surface area (Å²) in [5, 5.41) is 16.0. The fraction of sp³-hybridized carbons (Fsp3) is 0.105. The first kappa shape index (κ1) is 19.5. The van der Waals surface area contributed by atoms with Crippen molar-refractivity contribution in [1.82, 2.24) is 10.2 Å². The van der Waals surface area contributed by atoms with E-state index in [-0.39, 0.29) is 16.9 Å². The Labute approximate surface area is 164 Å². The van der Waals surface area contributed by atoms with Crippen molar-refractivity contribution < 1.29 is 24.0 Å². The van der Waals surface area contributed by atoms with E-state index in [1.807, 2.05) is 0 Å². The van der Waals surface area contributed by atoms with E-state index in [1.54, 1.807) is 30.3 Å². The van der Waals surface area contributed by atoms with Crippen LogP contribution in [-0.4, -0.2) is 41.3 Å². The number of amides is 4. The fourth-order valence-electron chi connectivity index (χ4n) is 2.73. The van der Waals surface area contributed by atoms with Crippen molar-refractivity contribution in [2.24, 2.45) is 0 Å². The average Bonchev–Trinajstić information content (AvgIpc) is 2.96. The van der Waals surface area contributed by atoms with Crippen LogP contribution in [0.4, 0.5) is 16.2 Å². The van der Waals surface area contributed by atoms with Crippen molar-refractivity contribution in [2.75, 3.05) is 19.0 Å². The number of hydrogen-bond acceptors (Lipinski definition) is 6. The van der Waals surface area contributed by atoms with Gasteiger partial charge in [-0.25, -0.2) is 9.69 Å². The van der Waals surface area contributed by atoms with E-state index in [0.717, 1.165) is 0 Å². The van der Waals surface area contributed by atoms with Crippen LogP contribution in [-0.2, 0) is 9.59 Å². The van der Waals surface area contributed by atoms with Gasteiger partial charge in [0.15, 0.2) is 0 Å². The van der Waals surface area contributed by atoms with E-state index in [9.17, 15) is 24.5 Å². The van der Waals surface area contributed by atoms with Crippen LogP contribution in [0.1, 0.15) is 5.56 Å². The third-order valence-electron chi connectivity index (χ3n) is 4.08. The summed E-state index contributed by atoms with van der Waals surface area (Å²) in [7, 11) is 1.45. The molecule has 0 aliphatic carbocycles. The van der Waals surface area contributed by atoms with Gasteiger partial charge in [-0.3, -0.25) is 19.7 Å². The molecule has 148 valence electrons. The summed E-state index contributed by atoms with van der Waals surface area (Å²) >= 11 is 0. The lowest BCUT2D eigenvalue weighted by molar-refractivity contribution is -0.385. The van der Waals surface area contributed by atoms with E-state index in [1.165, 1.54) is 31.4 Å². The van der Waals surface area contributed by atoms with Crippen molar-refractivity contribution in [2.45, 2.75) is 0 Å². The number of nitrogens with one attached hydrogen (secondary N) is 2. The molecule has 0 spiro atoms. The molecule has 3 rings (SSSR count). The number of nitro benzene ring substituents is 1. The van der Waals surface area contributed by atoms with Crippen LogP contribution in [0.25, 0.3) is 6.08 Å². The second-order valence-electron chi connectivity index (χ2n) is 5.94. The molecule has 10 nitrogen and oxygen atoms in total. The maximum absolute atomic E-state index is 12.5. The predicted octanol–water partition coefficient (Wildman–Crippen LogP) is 2.13. The van der Waals surface area contributed by atoms with Crippen molar-refractivity contribution in [3.63, 3.8) is 0 Å². The van der Waals surface area contributed by atoms with E-state index >= 15 is 0 Å². The van der Waals surface area contributed by atoms with E-state index in [4.69, 9.17) is 4.74 Å². The number of nitro groups is 1. The highest BCUT2D eigenvalue weighted by atomic mass is 16.6. The maximum atomic E-state index is 12.5. The zero-order valence-electron chi connectivity index (χ0n) is 15.2. The first-order valence-electron chi connectivity index (χ1n) is 8.41. The number of hydrogen-bond donors (Lipinski definition) is 2. The van der Waals surface area contributed by atoms with Crippen LogP contribution >= 0.6 is 0 Å². The number of carbonyl (C=O) groups excluding carboxylic acids is 3. The Kier molecular flexibility index (Phi) is 5.54. The van der Waals surface area contributed by atoms with Gasteiger partial charge in [0, 0.05) is 6.07 Å². The number of ether oxygens (including phenoxy) is 1. The Morgan fingerprint density at radius 3 is 2.62 bits per heavy atom. The van der Waals surface area contributed by atoms with Gasteiger partial charge in [-0.15, -0.1) is 0 Å². The van der Waals surface area contributed by atoms with Gasteiger partial charge in [0.1, 0.15) is 18.0 Å². The van der Waals surface area contributed by atoms with Gasteiger partial charge in [-0.05, 0) is 24.3 Å². The topological polar surface area (TPSA) is 131 Å². The highest BCUT2D eigenvalue weighted by Crippen LogP contribution is 2.24. The van der Waals surface area contributed by atoms with Crippen molar-refractivity contribution in [1.29, 1.82) is 0 Å². The number of anilines is 1. The zero-order chi connectivity index (χ0) is 21.0. The molecule has 1 heterocycles. The van der Waals surface area contributed by atoms with Crippen molar-refractivity contribution in [3.8, 4) is 5.75 Å². The summed E-state index contributed by atoms with van der Waals surface area (Å²) in [6, 6.07) is 11.7. The molecule has 4 amide bonds. The van der Waals surface area contributed by atoms with Crippen LogP contribution in [0, 0.1) is 10.1 Å². The smallest absolute Gasteiger partial charge is 0.329 e. The minimum atomic E-state index is -0.796. The fourth-order valence-corrected chi connectivity index (χ4v) is 2.73. The molecular weight excluding hydrogens is 380 g/mol. The quantitative estimate of drug-likeness (QED) is 0.333. The van der Waals surface area contributed by atoms with Gasteiger partial charge < -0.3 is 15.4 Å². The summed E-state index contributed by atoms with van der Waals surface area (Å²) in [4.78, 5) is 48.2. The molecule has 2 N–H and O–H groups in total. The zero-order valence-corrected chi connectivity index (χ0v) is 15.2. The SMILES string of the molecule is COc1ccccc1NC(=O)CN1C(=O)N/C(=C/c2ccccc2[N+](=O)[O-])C1=O. The lowest BCUT2D eigenvalue weighted by Crippen LogP contribution is -2.38. The molecule has 1 aliphatic heterocycles. The molecule has 0 saturated carbocycles. The van der Waals surface area contributed by atoms with Crippen LogP contribution in [0.5, 0.6) is 5.75 Å². The summed E-state index contributed by atoms with van der Waals surface area (Å²) in [6.45, 7) is -0.531. The summed E-state index contributed by atoms with van der Waals surface area (Å²) in [5.74, 6) is -0.941. The van der Waals surface area contributed by atoms with E-state index < -0.39 is 29.3 Å². The number of nitrogens with zero attached hydrogens (tertiary/aromatic N) is 2. The molecular formula is C19H16N4O6. The molecule has 0 bridgehead atoms. The highest BCUT2D eigenvalue weighted by molar-refractivity contribution is 6.16. The van der Waals surface area contributed by atoms with Gasteiger partial charge in [0.05, 0.1) is 23.3 Å². The second kappa shape index (κ2) is 8.21. The monoisotopic (exact) mass is 396 g/mol. The van der Waals surface area contributed by atoms with Crippen LogP contribution in [0.15, 0.2) is 54.2 Å². The van der Waals surface area contributed by atoms with Gasteiger partial charge in [0.2, 0.25) is 5.91 Å². The number of urea groups is 1. The molecule has 0 radical (unpaired) electrons. The van der Waals surface area contributed by atoms with Crippen LogP contribution in [0.3, 0.4) is 0 Å². The molecule has 0 aromatic heterocycles. The Bertz CT molecular complexity index is 1030. The first-order chi connectivity index (χ1) is 13.9. The molecule has 0 atom stereocenters. The molecule has 2 aromatic rings. The summed E-state index contributed by atoms with van der Waals surface area (Å²) < 4.78 is 5.13. The average molecular weight is 396 g/mol. The second-order valence-corrected chi connectivity index (χ2v) is 5.94. The van der Waals surface area contributed by atoms with Crippen LogP contribution < -0.4 is 15.4 Å². The molecule has 10 heteroatoms. The number of methoxy groups -OCH3 is 1. The maximum Gasteiger partial charge on any atom is 0.329 e.